The largest absolute Gasteiger partial charge is 0.395 e. The minimum Gasteiger partial charge on any atom is -0.395 e. The molecule has 0 bridgehead atoms. The summed E-state index contributed by atoms with van der Waals surface area (Å²) in [6.07, 6.45) is 3.42. The van der Waals surface area contributed by atoms with Crippen molar-refractivity contribution in [3.05, 3.63) is 41.7 Å². The summed E-state index contributed by atoms with van der Waals surface area (Å²) in [5.74, 6) is 0.831. The summed E-state index contributed by atoms with van der Waals surface area (Å²) in [5, 5.41) is 18.4. The second-order valence-corrected chi connectivity index (χ2v) is 5.12. The number of aliphatic hydroxyl groups excluding tert-OH is 2. The molecule has 2 N–H and O–H groups in total. The molecule has 0 unspecified atom stereocenters. The van der Waals surface area contributed by atoms with Gasteiger partial charge >= 0.3 is 0 Å². The minimum atomic E-state index is 0.0371. The van der Waals surface area contributed by atoms with E-state index in [9.17, 15) is 10.2 Å². The van der Waals surface area contributed by atoms with Crippen molar-refractivity contribution in [3.63, 3.8) is 0 Å². The van der Waals surface area contributed by atoms with Crippen LogP contribution in [0.4, 0.5) is 5.82 Å². The van der Waals surface area contributed by atoms with E-state index in [4.69, 9.17) is 0 Å². The average Bonchev–Trinajstić information content (AvgIpc) is 2.54. The maximum Gasteiger partial charge on any atom is 0.135 e. The predicted octanol–water partition coefficient (Wildman–Crippen LogP) is 1.03. The second-order valence-electron chi connectivity index (χ2n) is 5.12. The Labute approximate surface area is 123 Å². The van der Waals surface area contributed by atoms with E-state index in [-0.39, 0.29) is 13.2 Å². The fourth-order valence-electron chi connectivity index (χ4n) is 2.93. The average molecular weight is 285 g/mol. The molecule has 2 aromatic rings. The summed E-state index contributed by atoms with van der Waals surface area (Å²) in [6.45, 7) is 1.00. The topological polar surface area (TPSA) is 69.5 Å². The lowest BCUT2D eigenvalue weighted by Gasteiger charge is -2.27. The summed E-state index contributed by atoms with van der Waals surface area (Å²) < 4.78 is 0. The van der Waals surface area contributed by atoms with Crippen LogP contribution in [0.5, 0.6) is 0 Å². The van der Waals surface area contributed by atoms with E-state index in [1.807, 2.05) is 11.0 Å². The van der Waals surface area contributed by atoms with Gasteiger partial charge in [0, 0.05) is 24.2 Å². The van der Waals surface area contributed by atoms with Crippen LogP contribution < -0.4 is 4.90 Å². The van der Waals surface area contributed by atoms with Crippen molar-refractivity contribution in [2.24, 2.45) is 0 Å². The molecule has 0 aliphatic heterocycles. The van der Waals surface area contributed by atoms with E-state index >= 15 is 0 Å². The number of fused-ring (bicyclic) bond motifs is 3. The molecule has 110 valence electrons. The van der Waals surface area contributed by atoms with Crippen LogP contribution >= 0.6 is 0 Å². The molecule has 0 atom stereocenters. The van der Waals surface area contributed by atoms with Crippen molar-refractivity contribution in [1.82, 2.24) is 9.97 Å². The fraction of sp³-hybridized carbons (Fsp3) is 0.375. The van der Waals surface area contributed by atoms with Crippen LogP contribution in [0.1, 0.15) is 11.1 Å². The first-order valence-electron chi connectivity index (χ1n) is 7.24. The van der Waals surface area contributed by atoms with Crippen molar-refractivity contribution in [2.75, 3.05) is 31.2 Å². The number of hydrogen-bond donors (Lipinski definition) is 2. The van der Waals surface area contributed by atoms with Crippen LogP contribution in [0, 0.1) is 0 Å². The van der Waals surface area contributed by atoms with Crippen molar-refractivity contribution < 1.29 is 10.2 Å². The number of aryl methyl sites for hydroxylation is 1. The second kappa shape index (κ2) is 6.20. The summed E-state index contributed by atoms with van der Waals surface area (Å²) in [7, 11) is 0. The van der Waals surface area contributed by atoms with Crippen molar-refractivity contribution in [3.8, 4) is 11.3 Å². The highest BCUT2D eigenvalue weighted by Gasteiger charge is 2.22. The number of anilines is 1. The molecule has 1 aliphatic rings. The lowest BCUT2D eigenvalue weighted by Crippen LogP contribution is -2.32. The zero-order valence-corrected chi connectivity index (χ0v) is 11.9. The zero-order valence-electron chi connectivity index (χ0n) is 11.9. The van der Waals surface area contributed by atoms with Crippen molar-refractivity contribution in [2.45, 2.75) is 12.8 Å². The standard InChI is InChI=1S/C16H19N3O2/c20-9-7-19(8-10-21)16-14-6-5-12-3-1-2-4-13(12)15(14)17-11-18-16/h1-4,11,20-21H,5-10H2. The van der Waals surface area contributed by atoms with E-state index in [0.29, 0.717) is 13.1 Å². The third kappa shape index (κ3) is 2.62. The third-order valence-electron chi connectivity index (χ3n) is 3.88. The Balaban J connectivity index is 2.06. The van der Waals surface area contributed by atoms with Gasteiger partial charge in [-0.2, -0.15) is 0 Å². The lowest BCUT2D eigenvalue weighted by molar-refractivity contribution is 0.280. The number of hydrogen-bond acceptors (Lipinski definition) is 5. The summed E-state index contributed by atoms with van der Waals surface area (Å²) in [4.78, 5) is 10.8. The molecule has 1 aliphatic carbocycles. The van der Waals surface area contributed by atoms with Crippen molar-refractivity contribution >= 4 is 5.82 Å². The van der Waals surface area contributed by atoms with Gasteiger partial charge in [0.1, 0.15) is 12.1 Å². The van der Waals surface area contributed by atoms with Gasteiger partial charge in [-0.25, -0.2) is 9.97 Å². The number of aromatic nitrogens is 2. The Morgan fingerprint density at radius 3 is 2.52 bits per heavy atom. The molecule has 0 amide bonds. The van der Waals surface area contributed by atoms with E-state index in [1.165, 1.54) is 5.56 Å². The van der Waals surface area contributed by atoms with E-state index < -0.39 is 0 Å². The van der Waals surface area contributed by atoms with Crippen LogP contribution in [0.2, 0.25) is 0 Å². The highest BCUT2D eigenvalue weighted by molar-refractivity contribution is 5.73. The summed E-state index contributed by atoms with van der Waals surface area (Å²) in [6, 6.07) is 8.30. The Kier molecular flexibility index (Phi) is 4.13. The number of rotatable bonds is 5. The Bertz CT molecular complexity index is 625. The molecule has 3 rings (SSSR count). The van der Waals surface area contributed by atoms with Gasteiger partial charge in [0.25, 0.3) is 0 Å². The predicted molar refractivity (Wildman–Crippen MR) is 81.3 cm³/mol. The highest BCUT2D eigenvalue weighted by Crippen LogP contribution is 2.35. The Hall–Kier alpha value is -1.98. The van der Waals surface area contributed by atoms with Crippen LogP contribution in [0.25, 0.3) is 11.3 Å². The minimum absolute atomic E-state index is 0.0371. The van der Waals surface area contributed by atoms with Gasteiger partial charge < -0.3 is 15.1 Å². The number of benzene rings is 1. The monoisotopic (exact) mass is 285 g/mol. The molecule has 0 fully saturated rings. The zero-order chi connectivity index (χ0) is 14.7. The van der Waals surface area contributed by atoms with E-state index in [1.54, 1.807) is 6.33 Å². The molecular formula is C16H19N3O2. The van der Waals surface area contributed by atoms with Gasteiger partial charge in [-0.15, -0.1) is 0 Å². The maximum atomic E-state index is 9.22. The molecule has 21 heavy (non-hydrogen) atoms. The molecule has 0 spiro atoms. The normalized spacial score (nSPS) is 12.7. The van der Waals surface area contributed by atoms with Gasteiger partial charge in [-0.1, -0.05) is 24.3 Å². The maximum absolute atomic E-state index is 9.22. The molecular weight excluding hydrogens is 266 g/mol. The molecule has 0 saturated carbocycles. The first-order chi connectivity index (χ1) is 10.3. The molecule has 0 saturated heterocycles. The van der Waals surface area contributed by atoms with Crippen molar-refractivity contribution in [1.29, 1.82) is 0 Å². The van der Waals surface area contributed by atoms with E-state index in [0.717, 1.165) is 35.5 Å². The quantitative estimate of drug-likeness (QED) is 0.859. The van der Waals surface area contributed by atoms with Crippen LogP contribution in [0.3, 0.4) is 0 Å². The first-order valence-corrected chi connectivity index (χ1v) is 7.24. The summed E-state index contributed by atoms with van der Waals surface area (Å²) in [5.41, 5.74) is 4.56. The molecule has 1 heterocycles. The molecule has 1 aromatic heterocycles. The Morgan fingerprint density at radius 1 is 1.00 bits per heavy atom. The van der Waals surface area contributed by atoms with Gasteiger partial charge in [0.15, 0.2) is 0 Å². The first kappa shape index (κ1) is 14.0. The smallest absolute Gasteiger partial charge is 0.135 e. The number of aliphatic hydroxyl groups is 2. The fourth-order valence-corrected chi connectivity index (χ4v) is 2.93. The SMILES string of the molecule is OCCN(CCO)c1ncnc2c1CCc1ccccc1-2. The highest BCUT2D eigenvalue weighted by atomic mass is 16.3. The van der Waals surface area contributed by atoms with E-state index in [2.05, 4.69) is 28.2 Å². The lowest BCUT2D eigenvalue weighted by atomic mass is 9.89. The third-order valence-corrected chi connectivity index (χ3v) is 3.88. The van der Waals surface area contributed by atoms with Gasteiger partial charge in [-0.05, 0) is 18.4 Å². The van der Waals surface area contributed by atoms with Crippen LogP contribution in [-0.2, 0) is 12.8 Å². The Morgan fingerprint density at radius 2 is 1.76 bits per heavy atom. The number of nitrogens with zero attached hydrogens (tertiary/aromatic N) is 3. The van der Waals surface area contributed by atoms with Gasteiger partial charge in [0.05, 0.1) is 18.9 Å². The molecule has 1 aromatic carbocycles. The molecule has 0 radical (unpaired) electrons. The van der Waals surface area contributed by atoms with Crippen LogP contribution in [-0.4, -0.2) is 46.5 Å². The summed E-state index contributed by atoms with van der Waals surface area (Å²) >= 11 is 0. The van der Waals surface area contributed by atoms with Crippen LogP contribution in [0.15, 0.2) is 30.6 Å². The van der Waals surface area contributed by atoms with Gasteiger partial charge in [-0.3, -0.25) is 0 Å². The molecule has 5 nitrogen and oxygen atoms in total. The van der Waals surface area contributed by atoms with Gasteiger partial charge in [0.2, 0.25) is 0 Å². The molecule has 5 heteroatoms.